The fraction of sp³-hybridized carbons (Fsp3) is 0.420. The van der Waals surface area contributed by atoms with Crippen molar-refractivity contribution in [3.63, 3.8) is 0 Å². The van der Waals surface area contributed by atoms with Crippen LogP contribution >= 0.6 is 19.5 Å². The Kier molecular flexibility index (Phi) is 15.6. The lowest BCUT2D eigenvalue weighted by atomic mass is 9.77. The molecule has 0 aliphatic carbocycles. The van der Waals surface area contributed by atoms with Crippen molar-refractivity contribution in [2.75, 3.05) is 38.5 Å². The molecule has 2 saturated heterocycles. The largest absolute Gasteiger partial charge is 0.497 e. The van der Waals surface area contributed by atoms with Gasteiger partial charge < -0.3 is 29.0 Å². The average Bonchev–Trinajstić information content (AvgIpc) is 3.74. The van der Waals surface area contributed by atoms with Crippen LogP contribution in [0.4, 0.5) is 19.0 Å². The van der Waals surface area contributed by atoms with E-state index in [9.17, 15) is 27.3 Å². The Labute approximate surface area is 404 Å². The molecule has 5 aromatic rings. The fourth-order valence-corrected chi connectivity index (χ4v) is 10.7. The van der Waals surface area contributed by atoms with Crippen LogP contribution in [0.15, 0.2) is 120 Å². The van der Waals surface area contributed by atoms with Crippen molar-refractivity contribution in [3.05, 3.63) is 154 Å². The van der Waals surface area contributed by atoms with Crippen molar-refractivity contribution < 1.29 is 55.3 Å². The first-order chi connectivity index (χ1) is 32.6. The molecule has 69 heavy (non-hydrogen) atoms. The number of benzene rings is 4. The van der Waals surface area contributed by atoms with Crippen molar-refractivity contribution in [2.45, 2.75) is 96.0 Å². The lowest BCUT2D eigenvalue weighted by Crippen LogP contribution is -2.45. The predicted molar refractivity (Wildman–Crippen MR) is 256 cm³/mol. The summed E-state index contributed by atoms with van der Waals surface area (Å²) >= 11 is 1.04. The summed E-state index contributed by atoms with van der Waals surface area (Å²) in [6.45, 7) is 10.0. The second kappa shape index (κ2) is 20.7. The van der Waals surface area contributed by atoms with Gasteiger partial charge in [-0.15, -0.1) is 0 Å². The number of methoxy groups -OCH3 is 2. The monoisotopic (exact) mass is 994 g/mol. The number of alkyl halides is 3. The van der Waals surface area contributed by atoms with Crippen LogP contribution in [0, 0.1) is 5.41 Å². The van der Waals surface area contributed by atoms with E-state index < -0.39 is 72.6 Å². The lowest BCUT2D eigenvalue weighted by molar-refractivity contribution is -0.217. The highest BCUT2D eigenvalue weighted by atomic mass is 32.2. The van der Waals surface area contributed by atoms with Gasteiger partial charge in [-0.1, -0.05) is 99.3 Å². The van der Waals surface area contributed by atoms with Gasteiger partial charge in [0.2, 0.25) is 0 Å². The van der Waals surface area contributed by atoms with E-state index in [1.54, 1.807) is 47.3 Å². The summed E-state index contributed by atoms with van der Waals surface area (Å²) in [7, 11) is -1.08. The van der Waals surface area contributed by atoms with Gasteiger partial charge in [0.15, 0.2) is 17.1 Å². The second-order valence-corrected chi connectivity index (χ2v) is 20.9. The highest BCUT2D eigenvalue weighted by molar-refractivity contribution is 8.13. The third-order valence-corrected chi connectivity index (χ3v) is 15.1. The molecular formula is C50H58F3N4O10PS. The molecule has 7 rings (SSSR count). The summed E-state index contributed by atoms with van der Waals surface area (Å²) in [4.78, 5) is 31.8. The quantitative estimate of drug-likeness (QED) is 0.0431. The average molecular weight is 995 g/mol. The molecule has 14 nitrogen and oxygen atoms in total. The Morgan fingerprint density at radius 3 is 1.97 bits per heavy atom. The van der Waals surface area contributed by atoms with Gasteiger partial charge in [0.25, 0.3) is 0 Å². The number of fused-ring (bicyclic) bond motifs is 1. The first kappa shape index (κ1) is 51.8. The molecule has 2 fully saturated rings. The number of thioether (sulfide) groups is 1. The Morgan fingerprint density at radius 2 is 1.42 bits per heavy atom. The fourth-order valence-electron chi connectivity index (χ4n) is 8.38. The molecule has 4 aromatic carbocycles. The van der Waals surface area contributed by atoms with Crippen LogP contribution in [0.1, 0.15) is 82.0 Å². The van der Waals surface area contributed by atoms with E-state index in [-0.39, 0.29) is 29.8 Å². The van der Waals surface area contributed by atoms with Crippen LogP contribution in [0.5, 0.6) is 11.5 Å². The third kappa shape index (κ3) is 11.4. The van der Waals surface area contributed by atoms with Crippen molar-refractivity contribution in [1.82, 2.24) is 14.6 Å². The van der Waals surface area contributed by atoms with Gasteiger partial charge in [-0.3, -0.25) is 18.4 Å². The molecule has 0 radical (unpaired) electrons. The Balaban J connectivity index is 1.17. The minimum atomic E-state index is -4.53. The first-order valence-electron chi connectivity index (χ1n) is 22.4. The number of rotatable bonds is 20. The minimum Gasteiger partial charge on any atom is -0.497 e. The Morgan fingerprint density at radius 1 is 0.841 bits per heavy atom. The van der Waals surface area contributed by atoms with Gasteiger partial charge >= 0.3 is 19.6 Å². The number of hydrogen-bond donors (Lipinski definition) is 2. The number of carbonyl (C=O) groups is 1. The molecule has 0 spiro atoms. The first-order valence-corrected chi connectivity index (χ1v) is 24.9. The molecule has 2 aliphatic heterocycles. The third-order valence-electron chi connectivity index (χ3n) is 12.4. The number of aromatic nitrogens is 2. The van der Waals surface area contributed by atoms with Gasteiger partial charge in [-0.2, -0.15) is 18.2 Å². The minimum absolute atomic E-state index is 0.0636. The summed E-state index contributed by atoms with van der Waals surface area (Å²) < 4.78 is 97.9. The van der Waals surface area contributed by atoms with E-state index in [1.165, 1.54) is 16.7 Å². The zero-order valence-electron chi connectivity index (χ0n) is 39.7. The van der Waals surface area contributed by atoms with Crippen molar-refractivity contribution in [3.8, 4) is 11.5 Å². The van der Waals surface area contributed by atoms with Crippen LogP contribution < -0.4 is 25.6 Å². The number of nitrogens with one attached hydrogen (secondary N) is 2. The maximum atomic E-state index is 14.5. The van der Waals surface area contributed by atoms with Gasteiger partial charge in [0.1, 0.15) is 40.7 Å². The zero-order chi connectivity index (χ0) is 49.8. The van der Waals surface area contributed by atoms with Crippen molar-refractivity contribution >= 4 is 30.4 Å². The Hall–Kier alpha value is -5.04. The lowest BCUT2D eigenvalue weighted by Gasteiger charge is -2.37. The molecule has 2 unspecified atom stereocenters. The van der Waals surface area contributed by atoms with Gasteiger partial charge in [0.05, 0.1) is 33.0 Å². The molecule has 19 heteroatoms. The summed E-state index contributed by atoms with van der Waals surface area (Å²) in [5, 5.41) is 6.31. The molecule has 3 heterocycles. The molecule has 2 N–H and O–H groups in total. The van der Waals surface area contributed by atoms with Crippen molar-refractivity contribution in [1.29, 1.82) is 0 Å². The molecule has 0 saturated carbocycles. The summed E-state index contributed by atoms with van der Waals surface area (Å²) in [6.07, 6.45) is -5.35. The zero-order valence-corrected chi connectivity index (χ0v) is 41.4. The second-order valence-electron chi connectivity index (χ2n) is 18.0. The van der Waals surface area contributed by atoms with Crippen LogP contribution in [0.2, 0.25) is 0 Å². The highest BCUT2D eigenvalue weighted by Gasteiger charge is 2.64. The topological polar surface area (TPSA) is 158 Å². The number of nitrogens with zero attached hydrogens (tertiary/aromatic N) is 2. The molecule has 0 amide bonds. The molecule has 0 bridgehead atoms. The van der Waals surface area contributed by atoms with E-state index in [1.807, 2.05) is 99.6 Å². The summed E-state index contributed by atoms with van der Waals surface area (Å²) in [6, 6.07) is 31.0. The summed E-state index contributed by atoms with van der Waals surface area (Å²) in [5.74, 6) is 0.562. The van der Waals surface area contributed by atoms with Crippen molar-refractivity contribution in [2.24, 2.45) is 5.41 Å². The van der Waals surface area contributed by atoms with E-state index in [2.05, 4.69) is 15.4 Å². The normalized spacial score (nSPS) is 21.1. The summed E-state index contributed by atoms with van der Waals surface area (Å²) in [5.41, 5.74) is -1.61. The van der Waals surface area contributed by atoms with Gasteiger partial charge in [0, 0.05) is 23.9 Å². The molecule has 5 atom stereocenters. The molecular weight excluding hydrogens is 937 g/mol. The number of anilines is 1. The van der Waals surface area contributed by atoms with Gasteiger partial charge in [-0.25, -0.2) is 14.4 Å². The maximum absolute atomic E-state index is 14.5. The SMILES string of the molecule is CCC(C)(C)C(=O)SCCOP(=O)(NCc1ccc(C(F)(F)F)cc1)OC[C@H]1O[C@@H](n2ccc(NC(c3ccccc3)(c3ccc(OC)cc3)c3ccc(OC)cc3)nc2=O)C2(C)OC(C)(C)O[C@@H]12. The van der Waals surface area contributed by atoms with E-state index in [4.69, 9.17) is 32.7 Å². The number of halogens is 3. The molecule has 370 valence electrons. The van der Waals surface area contributed by atoms with Crippen LogP contribution in [0.25, 0.3) is 0 Å². The smallest absolute Gasteiger partial charge is 0.416 e. The predicted octanol–water partition coefficient (Wildman–Crippen LogP) is 10.1. The van der Waals surface area contributed by atoms with E-state index in [0.29, 0.717) is 23.5 Å². The Bertz CT molecular complexity index is 2610. The van der Waals surface area contributed by atoms with Crippen LogP contribution in [-0.4, -0.2) is 71.4 Å². The van der Waals surface area contributed by atoms with Crippen LogP contribution in [-0.2, 0) is 50.9 Å². The molecule has 1 aromatic heterocycles. The number of carbonyl (C=O) groups excluding carboxylic acids is 1. The maximum Gasteiger partial charge on any atom is 0.416 e. The standard InChI is InChI=1S/C50H58F3N4O10PS/c1-9-46(2,3)44(58)69-30-29-63-68(60,54-31-33-15-17-37(18-16-33)50(51,52)53)64-32-40-42-48(6,67-47(4,5)66-42)43(65-40)57-28-27-41(55-45(57)59)56-49(34-13-11-10-12-14-34,35-19-23-38(61-7)24-20-35)36-21-25-39(62-8)26-22-36/h10-28,40,42-43H,9,29-32H2,1-8H3,(H,54,60)(H,55,56,59)/t40-,42+,43-,48?,68?/m1/s1. The number of ether oxygens (including phenoxy) is 5. The van der Waals surface area contributed by atoms with E-state index in [0.717, 1.165) is 40.6 Å². The highest BCUT2D eigenvalue weighted by Crippen LogP contribution is 2.53. The number of hydrogen-bond acceptors (Lipinski definition) is 13. The van der Waals surface area contributed by atoms with Gasteiger partial charge in [-0.05, 0) is 91.9 Å². The molecule has 2 aliphatic rings. The van der Waals surface area contributed by atoms with Crippen LogP contribution in [0.3, 0.4) is 0 Å². The van der Waals surface area contributed by atoms with E-state index >= 15 is 0 Å².